The van der Waals surface area contributed by atoms with Crippen LogP contribution in [0.15, 0.2) is 87.3 Å². The van der Waals surface area contributed by atoms with Gasteiger partial charge >= 0.3 is 0 Å². The van der Waals surface area contributed by atoms with Crippen molar-refractivity contribution in [2.75, 3.05) is 18.0 Å². The summed E-state index contributed by atoms with van der Waals surface area (Å²) in [5.41, 5.74) is 4.52. The highest BCUT2D eigenvalue weighted by atomic mass is 79.9. The lowest BCUT2D eigenvalue weighted by molar-refractivity contribution is -0.119. The van der Waals surface area contributed by atoms with E-state index < -0.39 is 22.5 Å². The molecule has 0 spiro atoms. The lowest BCUT2D eigenvalue weighted by Gasteiger charge is -2.24. The van der Waals surface area contributed by atoms with Gasteiger partial charge in [-0.25, -0.2) is 13.8 Å². The molecule has 0 atom stereocenters. The van der Waals surface area contributed by atoms with Crippen LogP contribution in [0, 0.1) is 6.92 Å². The van der Waals surface area contributed by atoms with E-state index >= 15 is 0 Å². The molecular weight excluding hydrogens is 494 g/mol. The Morgan fingerprint density at radius 1 is 1.03 bits per heavy atom. The molecule has 32 heavy (non-hydrogen) atoms. The molecule has 7 nitrogen and oxygen atoms in total. The van der Waals surface area contributed by atoms with Gasteiger partial charge in [-0.2, -0.15) is 5.10 Å². The Bertz CT molecular complexity index is 1190. The number of rotatable bonds is 8. The van der Waals surface area contributed by atoms with Gasteiger partial charge in [-0.05, 0) is 61.0 Å². The van der Waals surface area contributed by atoms with Crippen LogP contribution in [-0.4, -0.2) is 34.2 Å². The fourth-order valence-electron chi connectivity index (χ4n) is 2.79. The lowest BCUT2D eigenvalue weighted by Crippen LogP contribution is -2.39. The van der Waals surface area contributed by atoms with Gasteiger partial charge in [0, 0.05) is 4.47 Å². The third-order valence-electron chi connectivity index (χ3n) is 4.53. The molecular formula is C23H22BrN3O4S. The third-order valence-corrected chi connectivity index (χ3v) is 6.85. The van der Waals surface area contributed by atoms with Crippen LogP contribution in [0.25, 0.3) is 0 Å². The summed E-state index contributed by atoms with van der Waals surface area (Å²) in [6.45, 7) is 1.46. The number of hydrogen-bond acceptors (Lipinski definition) is 5. The molecule has 0 saturated heterocycles. The summed E-state index contributed by atoms with van der Waals surface area (Å²) in [6.07, 6.45) is 1.48. The van der Waals surface area contributed by atoms with Crippen molar-refractivity contribution in [1.29, 1.82) is 0 Å². The quantitative estimate of drug-likeness (QED) is 0.361. The van der Waals surface area contributed by atoms with Gasteiger partial charge in [0.2, 0.25) is 0 Å². The predicted molar refractivity (Wildman–Crippen MR) is 129 cm³/mol. The Balaban J connectivity index is 1.83. The van der Waals surface area contributed by atoms with E-state index in [-0.39, 0.29) is 4.90 Å². The number of ether oxygens (including phenoxy) is 1. The number of methoxy groups -OCH3 is 1. The molecule has 0 radical (unpaired) electrons. The molecule has 166 valence electrons. The van der Waals surface area contributed by atoms with E-state index in [0.29, 0.717) is 11.4 Å². The Labute approximate surface area is 195 Å². The van der Waals surface area contributed by atoms with Crippen molar-refractivity contribution >= 4 is 43.8 Å². The zero-order valence-electron chi connectivity index (χ0n) is 17.5. The van der Waals surface area contributed by atoms with Crippen molar-refractivity contribution in [3.8, 4) is 5.75 Å². The highest BCUT2D eigenvalue weighted by Gasteiger charge is 2.27. The zero-order valence-corrected chi connectivity index (χ0v) is 19.9. The van der Waals surface area contributed by atoms with E-state index in [1.54, 1.807) is 36.4 Å². The maximum Gasteiger partial charge on any atom is 0.264 e. The number of anilines is 1. The maximum absolute atomic E-state index is 13.3. The molecule has 3 aromatic rings. The van der Waals surface area contributed by atoms with Gasteiger partial charge in [0.05, 0.1) is 23.9 Å². The second kappa shape index (κ2) is 10.4. The molecule has 0 fully saturated rings. The largest absolute Gasteiger partial charge is 0.497 e. The van der Waals surface area contributed by atoms with E-state index in [4.69, 9.17) is 4.74 Å². The first-order chi connectivity index (χ1) is 15.3. The molecule has 0 aromatic heterocycles. The summed E-state index contributed by atoms with van der Waals surface area (Å²) in [7, 11) is -2.51. The van der Waals surface area contributed by atoms with Gasteiger partial charge in [0.1, 0.15) is 12.3 Å². The number of benzene rings is 3. The van der Waals surface area contributed by atoms with Crippen LogP contribution in [-0.2, 0) is 14.8 Å². The smallest absolute Gasteiger partial charge is 0.264 e. The minimum atomic E-state index is -4.01. The molecule has 0 heterocycles. The number of carbonyl (C=O) groups excluding carboxylic acids is 1. The first-order valence-corrected chi connectivity index (χ1v) is 11.8. The average Bonchev–Trinajstić information content (AvgIpc) is 2.79. The Morgan fingerprint density at radius 2 is 1.66 bits per heavy atom. The number of nitrogens with zero attached hydrogens (tertiary/aromatic N) is 2. The Hall–Kier alpha value is -3.17. The lowest BCUT2D eigenvalue weighted by atomic mass is 10.2. The van der Waals surface area contributed by atoms with Crippen molar-refractivity contribution in [1.82, 2.24) is 5.43 Å². The molecule has 0 aliphatic carbocycles. The number of amides is 1. The molecule has 3 rings (SSSR count). The molecule has 0 unspecified atom stereocenters. The van der Waals surface area contributed by atoms with Crippen molar-refractivity contribution < 1.29 is 17.9 Å². The van der Waals surface area contributed by atoms with Crippen LogP contribution < -0.4 is 14.5 Å². The molecule has 0 bridgehead atoms. The summed E-state index contributed by atoms with van der Waals surface area (Å²) in [4.78, 5) is 12.6. The van der Waals surface area contributed by atoms with E-state index in [1.165, 1.54) is 25.5 Å². The van der Waals surface area contributed by atoms with Crippen molar-refractivity contribution in [2.45, 2.75) is 11.8 Å². The molecule has 0 aliphatic rings. The van der Waals surface area contributed by atoms with E-state index in [9.17, 15) is 13.2 Å². The summed E-state index contributed by atoms with van der Waals surface area (Å²) in [6, 6.07) is 20.3. The van der Waals surface area contributed by atoms with Gasteiger partial charge < -0.3 is 4.74 Å². The fraction of sp³-hybridized carbons (Fsp3) is 0.130. The minimum Gasteiger partial charge on any atom is -0.497 e. The van der Waals surface area contributed by atoms with Crippen LogP contribution in [0.3, 0.4) is 0 Å². The average molecular weight is 516 g/mol. The minimum absolute atomic E-state index is 0.0463. The normalized spacial score (nSPS) is 11.3. The fourth-order valence-corrected chi connectivity index (χ4v) is 4.48. The molecule has 0 aliphatic heterocycles. The highest BCUT2D eigenvalue weighted by Crippen LogP contribution is 2.25. The number of hydrazone groups is 1. The van der Waals surface area contributed by atoms with Gasteiger partial charge in [0.15, 0.2) is 0 Å². The monoisotopic (exact) mass is 515 g/mol. The number of carbonyl (C=O) groups is 1. The zero-order chi connectivity index (χ0) is 23.1. The van der Waals surface area contributed by atoms with Gasteiger partial charge in [-0.3, -0.25) is 9.10 Å². The van der Waals surface area contributed by atoms with Gasteiger partial charge in [-0.1, -0.05) is 45.8 Å². The number of aryl methyl sites for hydroxylation is 1. The van der Waals surface area contributed by atoms with E-state index in [2.05, 4.69) is 26.5 Å². The van der Waals surface area contributed by atoms with Gasteiger partial charge in [0.25, 0.3) is 15.9 Å². The topological polar surface area (TPSA) is 88.1 Å². The second-order valence-electron chi connectivity index (χ2n) is 6.87. The number of sulfonamides is 1. The van der Waals surface area contributed by atoms with Gasteiger partial charge in [-0.15, -0.1) is 0 Å². The molecule has 9 heteroatoms. The van der Waals surface area contributed by atoms with Crippen LogP contribution in [0.1, 0.15) is 11.1 Å². The van der Waals surface area contributed by atoms with Crippen LogP contribution in [0.5, 0.6) is 5.75 Å². The van der Waals surface area contributed by atoms with E-state index in [1.807, 2.05) is 31.2 Å². The van der Waals surface area contributed by atoms with Crippen LogP contribution in [0.4, 0.5) is 5.69 Å². The Morgan fingerprint density at radius 3 is 2.25 bits per heavy atom. The SMILES string of the molecule is COc1ccc(S(=O)(=O)N(CC(=O)N/N=C/c2ccc(Br)cc2)c2ccc(C)cc2)cc1. The predicted octanol–water partition coefficient (Wildman–Crippen LogP) is 4.11. The van der Waals surface area contributed by atoms with Crippen molar-refractivity contribution in [3.05, 3.63) is 88.4 Å². The molecule has 1 amide bonds. The highest BCUT2D eigenvalue weighted by molar-refractivity contribution is 9.10. The molecule has 3 aromatic carbocycles. The number of halogens is 1. The molecule has 1 N–H and O–H groups in total. The Kier molecular flexibility index (Phi) is 7.66. The summed E-state index contributed by atoms with van der Waals surface area (Å²) >= 11 is 3.35. The summed E-state index contributed by atoms with van der Waals surface area (Å²) < 4.78 is 33.8. The first-order valence-electron chi connectivity index (χ1n) is 9.60. The van der Waals surface area contributed by atoms with Crippen molar-refractivity contribution in [2.24, 2.45) is 5.10 Å². The summed E-state index contributed by atoms with van der Waals surface area (Å²) in [5.74, 6) is -0.0399. The standard InChI is InChI=1S/C23H22BrN3O4S/c1-17-3-9-20(10-4-17)27(32(29,30)22-13-11-21(31-2)12-14-22)16-23(28)26-25-15-18-5-7-19(24)8-6-18/h3-15H,16H2,1-2H3,(H,26,28)/b25-15+. The second-order valence-corrected chi connectivity index (χ2v) is 9.65. The maximum atomic E-state index is 13.3. The number of nitrogens with one attached hydrogen (secondary N) is 1. The van der Waals surface area contributed by atoms with Crippen LogP contribution >= 0.6 is 15.9 Å². The number of hydrogen-bond donors (Lipinski definition) is 1. The molecule has 0 saturated carbocycles. The summed E-state index contributed by atoms with van der Waals surface area (Å²) in [5, 5.41) is 3.93. The van der Waals surface area contributed by atoms with Crippen LogP contribution in [0.2, 0.25) is 0 Å². The van der Waals surface area contributed by atoms with Crippen molar-refractivity contribution in [3.63, 3.8) is 0 Å². The third kappa shape index (κ3) is 5.95. The first kappa shape index (κ1) is 23.5. The van der Waals surface area contributed by atoms with E-state index in [0.717, 1.165) is 19.9 Å².